The number of ether oxygens (including phenoxy) is 1. The second-order valence-electron chi connectivity index (χ2n) is 17.8. The third-order valence-corrected chi connectivity index (χ3v) is 14.0. The molecule has 2 saturated carbocycles. The first kappa shape index (κ1) is 35.7. The van der Waals surface area contributed by atoms with Crippen LogP contribution in [0.15, 0.2) is 65.8 Å². The highest BCUT2D eigenvalue weighted by Crippen LogP contribution is 2.59. The highest BCUT2D eigenvalue weighted by molar-refractivity contribution is 5.92. The summed E-state index contributed by atoms with van der Waals surface area (Å²) in [6, 6.07) is 16.7. The Hall–Kier alpha value is -4.65. The van der Waals surface area contributed by atoms with E-state index in [1.165, 1.54) is 31.4 Å². The molecule has 1 amide bonds. The number of methoxy groups -OCH3 is 1. The molecule has 4 N–H and O–H groups in total. The Morgan fingerprint density at radius 3 is 2.50 bits per heavy atom. The number of alkyl halides is 2. The van der Waals surface area contributed by atoms with Gasteiger partial charge in [0.05, 0.1) is 36.3 Å². The van der Waals surface area contributed by atoms with E-state index >= 15 is 8.78 Å². The van der Waals surface area contributed by atoms with Crippen molar-refractivity contribution in [2.24, 2.45) is 22.2 Å². The van der Waals surface area contributed by atoms with Crippen LogP contribution in [0.3, 0.4) is 0 Å². The van der Waals surface area contributed by atoms with Crippen LogP contribution in [0, 0.1) is 17.3 Å². The summed E-state index contributed by atoms with van der Waals surface area (Å²) in [5, 5.41) is 19.7. The number of hydroxylamine groups is 2. The van der Waals surface area contributed by atoms with E-state index in [0.717, 1.165) is 53.8 Å². The van der Waals surface area contributed by atoms with Gasteiger partial charge in [0.15, 0.2) is 0 Å². The summed E-state index contributed by atoms with van der Waals surface area (Å²) in [6.45, 7) is 8.60. The normalized spacial score (nSPS) is 29.4. The van der Waals surface area contributed by atoms with Crippen molar-refractivity contribution in [1.82, 2.24) is 30.6 Å². The molecule has 6 aliphatic rings. The first-order valence-corrected chi connectivity index (χ1v) is 20.1. The van der Waals surface area contributed by atoms with Crippen molar-refractivity contribution in [3.8, 4) is 22.3 Å². The van der Waals surface area contributed by atoms with Crippen LogP contribution >= 0.6 is 0 Å². The van der Waals surface area contributed by atoms with Gasteiger partial charge in [-0.3, -0.25) is 10.1 Å². The van der Waals surface area contributed by atoms with Gasteiger partial charge in [-0.15, -0.1) is 0 Å². The lowest BCUT2D eigenvalue weighted by Gasteiger charge is -2.45. The molecule has 0 radical (unpaired) electrons. The minimum absolute atomic E-state index is 0.00244. The number of aromatic nitrogens is 2. The number of amides is 1. The number of carbonyl (C=O) groups is 1. The maximum absolute atomic E-state index is 16.5. The molecule has 1 aromatic heterocycles. The maximum Gasteiger partial charge on any atom is 0.407 e. The topological polar surface area (TPSA) is 118 Å². The number of nitrogens with zero attached hydrogens (tertiary/aromatic N) is 4. The van der Waals surface area contributed by atoms with E-state index in [9.17, 15) is 10.0 Å². The number of nitrogens with one attached hydrogen (secondary N) is 3. The van der Waals surface area contributed by atoms with Gasteiger partial charge in [-0.2, -0.15) is 8.78 Å². The maximum atomic E-state index is 16.5. The number of alkyl carbamates (subject to hydrolysis) is 1. The second-order valence-corrected chi connectivity index (χ2v) is 17.8. The van der Waals surface area contributed by atoms with Crippen molar-refractivity contribution in [1.29, 1.82) is 0 Å². The van der Waals surface area contributed by atoms with E-state index < -0.39 is 23.7 Å². The van der Waals surface area contributed by atoms with Crippen LogP contribution in [0.2, 0.25) is 0 Å². The molecule has 3 aromatic carbocycles. The standard InChI is InChI=1S/C44H49F2N7O3/c1-23(2)38(51-41(54)56-5)42(4)52-22-43(14-15-43)20-36(52)40(53(42)55)47-21-24(3)25-7-11-30-31-12-8-26(18-33(31)44(45,46)32(30)17-25)27-9-13-34-35(19-27)50-39(49-34)37-28-6-10-29(16-28)48-37/h7-9,11-13,17-19,21,23,28-29,36-38,48,55H,6,10,14-16,20,22H2,1-5H3,(H,49,50)(H,51,54)/b24-21+,47-40?/t28-,29+,36-,37-,38-,42?/m0/s1. The summed E-state index contributed by atoms with van der Waals surface area (Å²) in [5.41, 5.74) is 4.93. The number of carbonyl (C=O) groups excluding carboxylic acids is 1. The predicted molar refractivity (Wildman–Crippen MR) is 211 cm³/mol. The summed E-state index contributed by atoms with van der Waals surface area (Å²) >= 11 is 0. The lowest BCUT2D eigenvalue weighted by molar-refractivity contribution is -0.160. The molecule has 56 heavy (non-hydrogen) atoms. The number of fused-ring (bicyclic) bond motifs is 7. The predicted octanol–water partition coefficient (Wildman–Crippen LogP) is 8.58. The number of halogens is 2. The summed E-state index contributed by atoms with van der Waals surface area (Å²) < 4.78 is 37.9. The summed E-state index contributed by atoms with van der Waals surface area (Å²) in [4.78, 5) is 28.0. The third-order valence-electron chi connectivity index (χ3n) is 14.0. The molecule has 1 unspecified atom stereocenters. The highest BCUT2D eigenvalue weighted by atomic mass is 19.3. The van der Waals surface area contributed by atoms with Gasteiger partial charge < -0.3 is 20.4 Å². The van der Waals surface area contributed by atoms with Crippen LogP contribution in [0.1, 0.15) is 94.8 Å². The highest BCUT2D eigenvalue weighted by Gasteiger charge is 2.66. The number of piperidine rings is 1. The molecule has 4 heterocycles. The molecule has 6 atom stereocenters. The number of allylic oxidation sites excluding steroid dienone is 1. The van der Waals surface area contributed by atoms with Gasteiger partial charge in [-0.1, -0.05) is 44.2 Å². The zero-order valence-corrected chi connectivity index (χ0v) is 32.5. The summed E-state index contributed by atoms with van der Waals surface area (Å²) in [5.74, 6) is -1.17. The first-order chi connectivity index (χ1) is 26.8. The molecule has 3 aliphatic heterocycles. The first-order valence-electron chi connectivity index (χ1n) is 20.1. The number of imidazole rings is 1. The smallest absolute Gasteiger partial charge is 0.407 e. The fourth-order valence-corrected chi connectivity index (χ4v) is 10.8. The minimum Gasteiger partial charge on any atom is -0.453 e. The zero-order chi connectivity index (χ0) is 38.9. The molecule has 292 valence electrons. The van der Waals surface area contributed by atoms with Gasteiger partial charge in [0, 0.05) is 29.9 Å². The van der Waals surface area contributed by atoms with E-state index in [0.29, 0.717) is 40.1 Å². The van der Waals surface area contributed by atoms with E-state index in [4.69, 9.17) is 14.7 Å². The lowest BCUT2D eigenvalue weighted by Crippen LogP contribution is -2.66. The SMILES string of the molecule is COC(=O)N[C@@H](C(C)C)C1(C)N(O)C(=N/C=C(\C)c2ccc3c(c2)C(F)(F)c2cc(-c4ccc5nc([C@H]6N[C@@H]7CC[C@H]6C7)[nH]c5c4)ccc2-3)[C@@H]2CC3(CC3)CN21. The number of hydrogen-bond acceptors (Lipinski definition) is 7. The van der Waals surface area contributed by atoms with Gasteiger partial charge in [-0.25, -0.2) is 19.8 Å². The van der Waals surface area contributed by atoms with Crippen molar-refractivity contribution in [3.05, 3.63) is 83.3 Å². The minimum atomic E-state index is -3.20. The van der Waals surface area contributed by atoms with Crippen LogP contribution in [0.25, 0.3) is 38.9 Å². The number of aliphatic imine (C=N–C) groups is 1. The van der Waals surface area contributed by atoms with E-state index in [1.807, 2.05) is 64.1 Å². The van der Waals surface area contributed by atoms with Crippen LogP contribution in [-0.4, -0.2) is 74.5 Å². The lowest BCUT2D eigenvalue weighted by atomic mass is 9.90. The van der Waals surface area contributed by atoms with Crippen molar-refractivity contribution in [2.75, 3.05) is 13.7 Å². The Morgan fingerprint density at radius 1 is 1.07 bits per heavy atom. The summed E-state index contributed by atoms with van der Waals surface area (Å²) in [7, 11) is 1.33. The summed E-state index contributed by atoms with van der Waals surface area (Å²) in [6.07, 6.45) is 7.86. The quantitative estimate of drug-likeness (QED) is 0.149. The number of hydrogen-bond donors (Lipinski definition) is 4. The number of amidine groups is 1. The van der Waals surface area contributed by atoms with Crippen LogP contribution in [-0.2, 0) is 10.7 Å². The van der Waals surface area contributed by atoms with Gasteiger partial charge in [0.2, 0.25) is 0 Å². The van der Waals surface area contributed by atoms with E-state index in [1.54, 1.807) is 24.4 Å². The van der Waals surface area contributed by atoms with Gasteiger partial charge in [-0.05, 0) is 127 Å². The second kappa shape index (κ2) is 12.4. The van der Waals surface area contributed by atoms with E-state index in [-0.39, 0.29) is 34.5 Å². The van der Waals surface area contributed by atoms with Crippen molar-refractivity contribution >= 4 is 28.5 Å². The van der Waals surface area contributed by atoms with E-state index in [2.05, 4.69) is 20.5 Å². The molecular weight excluding hydrogens is 713 g/mol. The number of rotatable bonds is 7. The molecule has 4 aromatic rings. The fourth-order valence-electron chi connectivity index (χ4n) is 10.8. The number of H-pyrrole nitrogens is 1. The van der Waals surface area contributed by atoms with Gasteiger partial charge in [0.25, 0.3) is 5.92 Å². The van der Waals surface area contributed by atoms with Crippen molar-refractivity contribution < 1.29 is 23.5 Å². The monoisotopic (exact) mass is 761 g/mol. The Bertz CT molecular complexity index is 2350. The van der Waals surface area contributed by atoms with Crippen molar-refractivity contribution in [2.45, 2.75) is 102 Å². The zero-order valence-electron chi connectivity index (χ0n) is 32.5. The van der Waals surface area contributed by atoms with Gasteiger partial charge in [0.1, 0.15) is 17.3 Å². The number of aromatic amines is 1. The Kier molecular flexibility index (Phi) is 7.93. The Labute approximate surface area is 325 Å². The molecule has 3 aliphatic carbocycles. The average molecular weight is 762 g/mol. The van der Waals surface area contributed by atoms with Crippen LogP contribution in [0.5, 0.6) is 0 Å². The molecule has 5 fully saturated rings. The van der Waals surface area contributed by atoms with Gasteiger partial charge >= 0.3 is 6.09 Å². The molecule has 10 nitrogen and oxygen atoms in total. The largest absolute Gasteiger partial charge is 0.453 e. The molecule has 3 saturated heterocycles. The molecular formula is C44H49F2N7O3. The van der Waals surface area contributed by atoms with Crippen LogP contribution in [0.4, 0.5) is 13.6 Å². The Morgan fingerprint density at radius 2 is 1.80 bits per heavy atom. The van der Waals surface area contributed by atoms with Crippen LogP contribution < -0.4 is 10.6 Å². The fraction of sp³-hybridized carbons (Fsp3) is 0.477. The average Bonchev–Trinajstić information content (AvgIpc) is 3.73. The molecule has 1 spiro atoms. The number of benzene rings is 3. The third kappa shape index (κ3) is 5.31. The molecule has 12 heteroatoms. The van der Waals surface area contributed by atoms with Crippen molar-refractivity contribution in [3.63, 3.8) is 0 Å². The molecule has 2 bridgehead atoms. The Balaban J connectivity index is 0.930. The molecule has 10 rings (SSSR count).